The molecule has 0 unspecified atom stereocenters. The Bertz CT molecular complexity index is 1360. The highest BCUT2D eigenvalue weighted by atomic mass is 127. The summed E-state index contributed by atoms with van der Waals surface area (Å²) >= 11 is 2.17. The van der Waals surface area contributed by atoms with E-state index in [-0.39, 0.29) is 17.6 Å². The molecule has 5 rings (SSSR count). The number of carbonyl (C=O) groups excluding carboxylic acids is 2. The van der Waals surface area contributed by atoms with E-state index < -0.39 is 0 Å². The highest BCUT2D eigenvalue weighted by Crippen LogP contribution is 2.41. The normalized spacial score (nSPS) is 16.4. The van der Waals surface area contributed by atoms with Crippen LogP contribution in [0.5, 0.6) is 0 Å². The average Bonchev–Trinajstić information content (AvgIpc) is 3.56. The maximum atomic E-state index is 14.0. The molecule has 0 spiro atoms. The fraction of sp³-hybridized carbons (Fsp3) is 0.286. The van der Waals surface area contributed by atoms with Crippen LogP contribution >= 0.6 is 22.6 Å². The van der Waals surface area contributed by atoms with Gasteiger partial charge in [-0.25, -0.2) is 4.39 Å². The SMILES string of the molecule is Cc1c(I)[nH]c(C=C2C(=O)Nc3cccc(-c4cccc(F)c4)c32)c1C(=O)NCCCN1CCCC1. The Hall–Kier alpha value is -2.98. The smallest absolute Gasteiger partial charge is 0.256 e. The van der Waals surface area contributed by atoms with Crippen LogP contribution in [0.15, 0.2) is 42.5 Å². The molecule has 1 aromatic heterocycles. The van der Waals surface area contributed by atoms with Crippen molar-refractivity contribution in [3.8, 4) is 11.1 Å². The van der Waals surface area contributed by atoms with Gasteiger partial charge in [0.15, 0.2) is 0 Å². The van der Waals surface area contributed by atoms with Gasteiger partial charge in [0.1, 0.15) is 5.82 Å². The quantitative estimate of drug-likeness (QED) is 0.193. The highest BCUT2D eigenvalue weighted by molar-refractivity contribution is 14.1. The highest BCUT2D eigenvalue weighted by Gasteiger charge is 2.29. The van der Waals surface area contributed by atoms with Gasteiger partial charge in [0, 0.05) is 17.8 Å². The second-order valence-corrected chi connectivity index (χ2v) is 10.3. The van der Waals surface area contributed by atoms with E-state index in [0.717, 1.165) is 40.9 Å². The largest absolute Gasteiger partial charge is 0.352 e. The molecule has 0 saturated carbocycles. The van der Waals surface area contributed by atoms with Crippen LogP contribution in [0.2, 0.25) is 0 Å². The van der Waals surface area contributed by atoms with Crippen LogP contribution in [0.1, 0.15) is 46.4 Å². The molecule has 3 aromatic rings. The topological polar surface area (TPSA) is 77.2 Å². The number of hydrogen-bond acceptors (Lipinski definition) is 3. The van der Waals surface area contributed by atoms with Gasteiger partial charge in [0.05, 0.1) is 20.5 Å². The van der Waals surface area contributed by atoms with E-state index in [1.165, 1.54) is 25.0 Å². The van der Waals surface area contributed by atoms with E-state index in [4.69, 9.17) is 0 Å². The first-order chi connectivity index (χ1) is 17.4. The van der Waals surface area contributed by atoms with E-state index in [0.29, 0.717) is 40.2 Å². The molecule has 2 aliphatic rings. The van der Waals surface area contributed by atoms with Crippen LogP contribution in [0.4, 0.5) is 10.1 Å². The van der Waals surface area contributed by atoms with Crippen LogP contribution in [0, 0.1) is 16.4 Å². The lowest BCUT2D eigenvalue weighted by Gasteiger charge is -2.14. The molecular weight excluding hydrogens is 570 g/mol. The number of anilines is 1. The first-order valence-electron chi connectivity index (χ1n) is 12.2. The molecule has 3 heterocycles. The van der Waals surface area contributed by atoms with Crippen molar-refractivity contribution in [1.29, 1.82) is 0 Å². The van der Waals surface area contributed by atoms with Crippen molar-refractivity contribution in [2.45, 2.75) is 26.2 Å². The van der Waals surface area contributed by atoms with Gasteiger partial charge in [-0.15, -0.1) is 0 Å². The predicted octanol–water partition coefficient (Wildman–Crippen LogP) is 5.44. The zero-order valence-electron chi connectivity index (χ0n) is 20.1. The van der Waals surface area contributed by atoms with Crippen LogP contribution in [0.25, 0.3) is 22.8 Å². The lowest BCUT2D eigenvalue weighted by atomic mass is 9.94. The number of likely N-dealkylation sites (tertiary alicyclic amines) is 1. The third-order valence-corrected chi connectivity index (χ3v) is 7.91. The Kier molecular flexibility index (Phi) is 7.25. The third-order valence-electron chi connectivity index (χ3n) is 6.83. The summed E-state index contributed by atoms with van der Waals surface area (Å²) in [6, 6.07) is 11.9. The number of fused-ring (bicyclic) bond motifs is 1. The number of carbonyl (C=O) groups is 2. The second kappa shape index (κ2) is 10.6. The molecular formula is C28H28FIN4O2. The van der Waals surface area contributed by atoms with Crippen LogP contribution < -0.4 is 10.6 Å². The molecule has 1 saturated heterocycles. The molecule has 2 amide bonds. The van der Waals surface area contributed by atoms with Gasteiger partial charge in [-0.05, 0) is 109 Å². The number of H-pyrrole nitrogens is 1. The summed E-state index contributed by atoms with van der Waals surface area (Å²) < 4.78 is 14.8. The van der Waals surface area contributed by atoms with Gasteiger partial charge < -0.3 is 20.5 Å². The van der Waals surface area contributed by atoms with Gasteiger partial charge in [-0.2, -0.15) is 0 Å². The molecule has 6 nitrogen and oxygen atoms in total. The Morgan fingerprint density at radius 1 is 1.19 bits per heavy atom. The second-order valence-electron chi connectivity index (χ2n) is 9.26. The van der Waals surface area contributed by atoms with E-state index in [2.05, 4.69) is 43.1 Å². The summed E-state index contributed by atoms with van der Waals surface area (Å²) in [4.78, 5) is 31.9. The van der Waals surface area contributed by atoms with Crippen molar-refractivity contribution >= 4 is 51.7 Å². The van der Waals surface area contributed by atoms with E-state index in [1.54, 1.807) is 12.1 Å². The summed E-state index contributed by atoms with van der Waals surface area (Å²) in [5, 5.41) is 5.97. The first-order valence-corrected chi connectivity index (χ1v) is 13.3. The number of aromatic nitrogens is 1. The molecule has 0 bridgehead atoms. The van der Waals surface area contributed by atoms with Gasteiger partial charge in [0.2, 0.25) is 0 Å². The fourth-order valence-corrected chi connectivity index (χ4v) is 5.57. The molecule has 36 heavy (non-hydrogen) atoms. The third kappa shape index (κ3) is 4.97. The van der Waals surface area contributed by atoms with Gasteiger partial charge >= 0.3 is 0 Å². The Morgan fingerprint density at radius 3 is 2.75 bits per heavy atom. The number of nitrogens with one attached hydrogen (secondary N) is 3. The average molecular weight is 598 g/mol. The van der Waals surface area contributed by atoms with Crippen molar-refractivity contribution in [3.05, 3.63) is 74.4 Å². The van der Waals surface area contributed by atoms with Crippen molar-refractivity contribution in [3.63, 3.8) is 0 Å². The molecule has 186 valence electrons. The first kappa shape index (κ1) is 24.7. The maximum Gasteiger partial charge on any atom is 0.256 e. The zero-order valence-corrected chi connectivity index (χ0v) is 22.2. The predicted molar refractivity (Wildman–Crippen MR) is 149 cm³/mol. The van der Waals surface area contributed by atoms with E-state index >= 15 is 0 Å². The van der Waals surface area contributed by atoms with E-state index in [9.17, 15) is 14.0 Å². The summed E-state index contributed by atoms with van der Waals surface area (Å²) in [7, 11) is 0. The Labute approximate surface area is 223 Å². The number of rotatable bonds is 7. The van der Waals surface area contributed by atoms with E-state index in [1.807, 2.05) is 31.2 Å². The minimum Gasteiger partial charge on any atom is -0.352 e. The molecule has 8 heteroatoms. The molecule has 0 aliphatic carbocycles. The molecule has 2 aromatic carbocycles. The molecule has 2 aliphatic heterocycles. The summed E-state index contributed by atoms with van der Waals surface area (Å²) in [5.74, 6) is -0.754. The molecule has 0 radical (unpaired) electrons. The van der Waals surface area contributed by atoms with Crippen molar-refractivity contribution in [1.82, 2.24) is 15.2 Å². The number of nitrogens with zero attached hydrogens (tertiary/aromatic N) is 1. The Morgan fingerprint density at radius 2 is 1.97 bits per heavy atom. The monoisotopic (exact) mass is 598 g/mol. The zero-order chi connectivity index (χ0) is 25.2. The number of aromatic amines is 1. The van der Waals surface area contributed by atoms with Crippen LogP contribution in [-0.2, 0) is 4.79 Å². The van der Waals surface area contributed by atoms with Crippen LogP contribution in [0.3, 0.4) is 0 Å². The summed E-state index contributed by atoms with van der Waals surface area (Å²) in [6.07, 6.45) is 5.14. The minimum absolute atomic E-state index is 0.156. The standard InChI is InChI=1S/C28H28FIN4O2/c1-17-24(28(36)31-11-6-14-34-12-2-3-13-34)23(32-26(17)30)16-21-25-20(18-7-4-8-19(29)15-18)9-5-10-22(25)33-27(21)35/h4-5,7-10,15-16,32H,2-3,6,11-14H2,1H3,(H,31,36)(H,33,35). The molecule has 1 fully saturated rings. The van der Waals surface area contributed by atoms with Crippen LogP contribution in [-0.4, -0.2) is 47.9 Å². The number of amides is 2. The van der Waals surface area contributed by atoms with Gasteiger partial charge in [0.25, 0.3) is 11.8 Å². The number of halogens is 2. The summed E-state index contributed by atoms with van der Waals surface area (Å²) in [5.41, 5.74) is 5.21. The minimum atomic E-state index is -0.342. The van der Waals surface area contributed by atoms with Gasteiger partial charge in [-0.1, -0.05) is 24.3 Å². The Balaban J connectivity index is 1.45. The maximum absolute atomic E-state index is 14.0. The van der Waals surface area contributed by atoms with Crippen molar-refractivity contribution in [2.24, 2.45) is 0 Å². The molecule has 3 N–H and O–H groups in total. The molecule has 0 atom stereocenters. The lowest BCUT2D eigenvalue weighted by Crippen LogP contribution is -2.29. The van der Waals surface area contributed by atoms with Crippen molar-refractivity contribution < 1.29 is 14.0 Å². The number of hydrogen-bond donors (Lipinski definition) is 3. The lowest BCUT2D eigenvalue weighted by molar-refractivity contribution is -0.110. The number of benzene rings is 2. The fourth-order valence-electron chi connectivity index (χ4n) is 5.01. The van der Waals surface area contributed by atoms with Gasteiger partial charge in [-0.3, -0.25) is 9.59 Å². The summed E-state index contributed by atoms with van der Waals surface area (Å²) in [6.45, 7) is 5.77. The van der Waals surface area contributed by atoms with Crippen molar-refractivity contribution in [2.75, 3.05) is 31.5 Å².